The molecule has 0 N–H and O–H groups in total. The topological polar surface area (TPSA) is 35.9 Å². The van der Waals surface area contributed by atoms with Crippen LogP contribution in [0.5, 0.6) is 11.5 Å². The predicted molar refractivity (Wildman–Crippen MR) is 362 cm³/mol. The summed E-state index contributed by atoms with van der Waals surface area (Å²) in [5, 5.41) is -1.31. The Morgan fingerprint density at radius 2 is 1.10 bits per heavy atom. The molecule has 5 nitrogen and oxygen atoms in total. The number of ether oxygens (including phenoxy) is 1. The summed E-state index contributed by atoms with van der Waals surface area (Å²) in [6.45, 7) is 9.03. The van der Waals surface area contributed by atoms with E-state index in [1.165, 1.54) is 45.5 Å². The van der Waals surface area contributed by atoms with E-state index in [4.69, 9.17) is 28.9 Å². The van der Waals surface area contributed by atoms with Crippen molar-refractivity contribution in [3.8, 4) is 62.1 Å². The van der Waals surface area contributed by atoms with Gasteiger partial charge >= 0.3 is 0 Å². The van der Waals surface area contributed by atoms with Gasteiger partial charge < -0.3 is 13.9 Å². The number of nitrogens with zero attached hydrogens (tertiary/aromatic N) is 4. The third-order valence-corrected chi connectivity index (χ3v) is 19.6. The molecule has 0 saturated carbocycles. The van der Waals surface area contributed by atoms with Crippen LogP contribution in [0.1, 0.15) is 96.6 Å². The van der Waals surface area contributed by atoms with Gasteiger partial charge in [-0.25, -0.2) is 4.98 Å². The summed E-state index contributed by atoms with van der Waals surface area (Å²) in [6.07, 6.45) is 4.63. The maximum absolute atomic E-state index is 10.1. The molecule has 7 heteroatoms. The number of aryl methyl sites for hydroxylation is 1. The Balaban J connectivity index is 0.0000117. The van der Waals surface area contributed by atoms with Crippen molar-refractivity contribution in [3.63, 3.8) is 0 Å². The smallest absolute Gasteiger partial charge is 0.268 e. The zero-order valence-corrected chi connectivity index (χ0v) is 51.3. The van der Waals surface area contributed by atoms with Crippen molar-refractivity contribution >= 4 is 61.7 Å². The van der Waals surface area contributed by atoms with Gasteiger partial charge in [-0.1, -0.05) is 265 Å². The van der Waals surface area contributed by atoms with E-state index in [-0.39, 0.29) is 99.4 Å². The quantitative estimate of drug-likeness (QED) is 0.0529. The molecule has 0 aliphatic rings. The predicted octanol–water partition coefficient (Wildman–Crippen LogP) is 16.9. The monoisotopic (exact) mass is 1360 g/mol. The second-order valence-electron chi connectivity index (χ2n) is 22.8. The van der Waals surface area contributed by atoms with Gasteiger partial charge in [0.25, 0.3) is 6.33 Å². The van der Waals surface area contributed by atoms with Crippen LogP contribution in [0.3, 0.4) is 0 Å². The van der Waals surface area contributed by atoms with Crippen molar-refractivity contribution in [2.75, 3.05) is 0 Å². The number of aromatic nitrogens is 4. The average Bonchev–Trinajstić information content (AvgIpc) is 0.768. The van der Waals surface area contributed by atoms with E-state index in [0.29, 0.717) is 27.4 Å². The van der Waals surface area contributed by atoms with Gasteiger partial charge in [-0.15, -0.1) is 29.7 Å². The number of para-hydroxylation sites is 2. The summed E-state index contributed by atoms with van der Waals surface area (Å²) >= 11 is 0. The molecule has 0 amide bonds. The van der Waals surface area contributed by atoms with Crippen LogP contribution >= 0.6 is 0 Å². The number of rotatable bonds is 12. The Hall–Kier alpha value is -9.45. The molecule has 11 aromatic carbocycles. The van der Waals surface area contributed by atoms with E-state index < -0.39 is 192 Å². The SMILES string of the molecule is [2H]c1c([2H])c([2H])c(-c2ccc3c(c2)n(-c2[c-]c(Oc4[c-]c5c(cc4)c4ccccc4n5-c4cc(C([2H])([2H])[2H])c(-c5c([2H])c([2H])c([2H])c([2H])c5[2H])cn4)ccc2)[c-][n+]3-c2c(-c3cc(C(C)(C)C)cc(C(C)(C)C)c3)cccc2[Si](c2c([2H])c([2H])c([2H])c([2H])c2[2H])(c2c([2H])c([2H])c([2H])c([2H])c2[2H])c2c([2H])c([2H])c([2H])c([2H])c2[2H])c([2H])c1[2H].[Pt]. The van der Waals surface area contributed by atoms with Gasteiger partial charge in [0, 0.05) is 54.0 Å². The molecule has 3 aromatic heterocycles. The standard InChI is InChI=1S/C81H66N4OSi.Pt/c1-56-47-78(82-54-72(56)58-29-15-9-16-30-58)85-73-41-24-23-39-70(73)71-45-44-65(53-75(71)85)86-64-32-25-31-63(52-64)83-55-84(74-46-43-59(50-76(74)83)57-27-13-8-14-28-57)79-69(60-48-61(80(2,3)4)51-62(49-60)81(5,6)7)40-26-42-77(79)87(66-33-17-10-18-34-66,67-35-19-11-20-36-67)68-37-21-12-22-38-68;/h8-51,54H,1-7H3;/q-2;/i1D3,8D,9D,10D,11D,12D,13D,14D,15D,16D,17D,18D,19D,20D,21D,22D,27D,28D,29D,30D,33D,34D,35D,36D,37D,38D;. The number of hydrogen-bond donors (Lipinski definition) is 0. The summed E-state index contributed by atoms with van der Waals surface area (Å²) in [6, 6.07) is 16.9. The average molecular weight is 1360 g/mol. The minimum Gasteiger partial charge on any atom is -0.510 e. The summed E-state index contributed by atoms with van der Waals surface area (Å²) in [7, 11) is -6.07. The first-order valence-electron chi connectivity index (χ1n) is 41.7. The summed E-state index contributed by atoms with van der Waals surface area (Å²) < 4.78 is 269. The Bertz CT molecular complexity index is 6220. The number of hydrogen-bond acceptors (Lipinski definition) is 2. The molecule has 0 atom stereocenters. The molecule has 14 rings (SSSR count). The molecule has 0 unspecified atom stereocenters. The fourth-order valence-corrected chi connectivity index (χ4v) is 15.1. The van der Waals surface area contributed by atoms with Gasteiger partial charge in [-0.3, -0.25) is 4.57 Å². The minimum atomic E-state index is -6.07. The van der Waals surface area contributed by atoms with Gasteiger partial charge in [-0.05, 0) is 112 Å². The number of benzene rings is 11. The maximum Gasteiger partial charge on any atom is 0.268 e. The zero-order chi connectivity index (χ0) is 83.7. The molecule has 88 heavy (non-hydrogen) atoms. The Labute approximate surface area is 571 Å². The number of fused-ring (bicyclic) bond motifs is 4. The third kappa shape index (κ3) is 10.4. The van der Waals surface area contributed by atoms with Crippen LogP contribution in [-0.2, 0) is 31.9 Å². The van der Waals surface area contributed by atoms with Crippen LogP contribution < -0.4 is 30.1 Å². The van der Waals surface area contributed by atoms with E-state index in [9.17, 15) is 19.2 Å². The molecule has 3 heterocycles. The maximum atomic E-state index is 10.1. The second kappa shape index (κ2) is 23.3. The molecule has 0 fully saturated rings. The Morgan fingerprint density at radius 1 is 0.511 bits per heavy atom. The molecule has 0 aliphatic carbocycles. The van der Waals surface area contributed by atoms with Crippen molar-refractivity contribution in [2.24, 2.45) is 0 Å². The third-order valence-electron chi connectivity index (χ3n) is 15.4. The molecule has 432 valence electrons. The van der Waals surface area contributed by atoms with E-state index >= 15 is 0 Å². The van der Waals surface area contributed by atoms with Crippen LogP contribution in [0.25, 0.3) is 83.4 Å². The second-order valence-corrected chi connectivity index (χ2v) is 26.3. The number of imidazole rings is 1. The fourth-order valence-electron chi connectivity index (χ4n) is 11.1. The van der Waals surface area contributed by atoms with E-state index in [2.05, 4.69) is 18.5 Å². The van der Waals surface area contributed by atoms with Crippen LogP contribution in [0.4, 0.5) is 0 Å². The van der Waals surface area contributed by atoms with Crippen LogP contribution in [-0.4, -0.2) is 22.2 Å². The molecule has 0 spiro atoms. The van der Waals surface area contributed by atoms with Gasteiger partial charge in [-0.2, -0.15) is 18.2 Å². The summed E-state index contributed by atoms with van der Waals surface area (Å²) in [5.41, 5.74) is 0.829. The van der Waals surface area contributed by atoms with E-state index in [0.717, 1.165) is 17.3 Å². The van der Waals surface area contributed by atoms with Crippen molar-refractivity contribution in [3.05, 3.63) is 308 Å². The molecular formula is C81H66N4OPtSi-2. The minimum absolute atomic E-state index is 0. The summed E-state index contributed by atoms with van der Waals surface area (Å²) in [4.78, 5) is 4.70. The first-order valence-corrected chi connectivity index (χ1v) is 29.7. The van der Waals surface area contributed by atoms with E-state index in [1.54, 1.807) is 59.2 Å². The van der Waals surface area contributed by atoms with Gasteiger partial charge in [0.1, 0.15) is 5.82 Å². The van der Waals surface area contributed by atoms with Crippen LogP contribution in [0.15, 0.2) is 273 Å². The first kappa shape index (κ1) is 33.6. The van der Waals surface area contributed by atoms with Crippen LogP contribution in [0, 0.1) is 25.3 Å². The first-order chi connectivity index (χ1) is 53.9. The van der Waals surface area contributed by atoms with Crippen LogP contribution in [0.2, 0.25) is 0 Å². The Morgan fingerprint density at radius 3 is 1.73 bits per heavy atom. The van der Waals surface area contributed by atoms with Gasteiger partial charge in [0.05, 0.1) is 51.0 Å². The molecule has 0 saturated heterocycles. The van der Waals surface area contributed by atoms with Crippen molar-refractivity contribution in [2.45, 2.75) is 59.2 Å². The fraction of sp³-hybridized carbons (Fsp3) is 0.111. The van der Waals surface area contributed by atoms with Crippen molar-refractivity contribution in [1.29, 1.82) is 0 Å². The Kier molecular flexibility index (Phi) is 8.91. The van der Waals surface area contributed by atoms with Gasteiger partial charge in [0.15, 0.2) is 8.07 Å². The zero-order valence-electron chi connectivity index (χ0n) is 76.1. The molecule has 0 bridgehead atoms. The normalized spacial score (nSPS) is 16.6. The molecule has 0 radical (unpaired) electrons. The molecular weight excluding hydrogens is 1270 g/mol. The largest absolute Gasteiger partial charge is 0.510 e. The van der Waals surface area contributed by atoms with Crippen molar-refractivity contribution in [1.82, 2.24) is 14.1 Å². The van der Waals surface area contributed by atoms with E-state index in [1.807, 2.05) is 65.8 Å². The molecule has 14 aromatic rings. The summed E-state index contributed by atoms with van der Waals surface area (Å²) in [5.74, 6) is 0.0873. The van der Waals surface area contributed by atoms with Gasteiger partial charge in [0.2, 0.25) is 0 Å². The molecule has 0 aliphatic heterocycles. The number of pyridine rings is 1. The van der Waals surface area contributed by atoms with Crippen molar-refractivity contribution < 1.29 is 68.8 Å².